The second kappa shape index (κ2) is 19.0. The Bertz CT molecular complexity index is 400. The highest BCUT2D eigenvalue weighted by molar-refractivity contribution is 5.77. The van der Waals surface area contributed by atoms with Gasteiger partial charge in [0, 0.05) is 13.5 Å². The van der Waals surface area contributed by atoms with Gasteiger partial charge in [0.25, 0.3) is 0 Å². The lowest BCUT2D eigenvalue weighted by molar-refractivity contribution is -0.127. The van der Waals surface area contributed by atoms with Gasteiger partial charge in [0.15, 0.2) is 0 Å². The molecule has 0 fully saturated rings. The smallest absolute Gasteiger partial charge is 0.246 e. The summed E-state index contributed by atoms with van der Waals surface area (Å²) in [6, 6.07) is 0. The largest absolute Gasteiger partial charge is 0.377 e. The molecule has 0 aromatic rings. The number of alkyl halides is 1. The van der Waals surface area contributed by atoms with Crippen molar-refractivity contribution in [3.05, 3.63) is 0 Å². The van der Waals surface area contributed by atoms with Crippen LogP contribution in [0.2, 0.25) is 0 Å². The standard InChI is InChI=1S/C18H35FN2O7/c1-15(2)28-14-18(23)20-4-5-24-6-7-25-8-9-26-10-11-27-13-17(19)12-21-16(3)22/h15,17H,4-14H2,1-3H3,(H,20,23)(H,21,22). The third-order valence-electron chi connectivity index (χ3n) is 3.10. The molecule has 0 spiro atoms. The van der Waals surface area contributed by atoms with Crippen LogP contribution < -0.4 is 10.6 Å². The summed E-state index contributed by atoms with van der Waals surface area (Å²) in [5.74, 6) is -0.431. The Kier molecular flexibility index (Phi) is 18.1. The van der Waals surface area contributed by atoms with E-state index in [-0.39, 0.29) is 44.3 Å². The summed E-state index contributed by atoms with van der Waals surface area (Å²) >= 11 is 0. The van der Waals surface area contributed by atoms with Crippen LogP contribution in [0.5, 0.6) is 0 Å². The molecule has 0 aliphatic rings. The van der Waals surface area contributed by atoms with E-state index in [0.29, 0.717) is 46.2 Å². The minimum atomic E-state index is -1.23. The first kappa shape index (κ1) is 26.7. The number of halogens is 1. The average Bonchev–Trinajstić information content (AvgIpc) is 2.64. The summed E-state index contributed by atoms with van der Waals surface area (Å²) in [5, 5.41) is 5.07. The quantitative estimate of drug-likeness (QED) is 0.290. The lowest BCUT2D eigenvalue weighted by Crippen LogP contribution is -2.31. The minimum absolute atomic E-state index is 0.0271. The second-order valence-electron chi connectivity index (χ2n) is 6.16. The molecule has 0 aliphatic heterocycles. The van der Waals surface area contributed by atoms with E-state index in [2.05, 4.69) is 10.6 Å². The first-order valence-electron chi connectivity index (χ1n) is 9.49. The third-order valence-corrected chi connectivity index (χ3v) is 3.10. The summed E-state index contributed by atoms with van der Waals surface area (Å²) in [6.07, 6.45) is -1.20. The van der Waals surface area contributed by atoms with Crippen LogP contribution in [0.3, 0.4) is 0 Å². The third kappa shape index (κ3) is 21.0. The van der Waals surface area contributed by atoms with E-state index in [1.165, 1.54) is 6.92 Å². The van der Waals surface area contributed by atoms with E-state index in [9.17, 15) is 14.0 Å². The Hall–Kier alpha value is -1.33. The van der Waals surface area contributed by atoms with Crippen LogP contribution in [-0.4, -0.2) is 96.6 Å². The Morgan fingerprint density at radius 3 is 1.93 bits per heavy atom. The summed E-state index contributed by atoms with van der Waals surface area (Å²) < 4.78 is 39.5. The first-order valence-corrected chi connectivity index (χ1v) is 9.49. The van der Waals surface area contributed by atoms with Gasteiger partial charge in [-0.05, 0) is 13.8 Å². The Labute approximate surface area is 166 Å². The molecule has 166 valence electrons. The minimum Gasteiger partial charge on any atom is -0.377 e. The lowest BCUT2D eigenvalue weighted by Gasteiger charge is -2.10. The first-order chi connectivity index (χ1) is 13.4. The SMILES string of the molecule is CC(=O)NCC(F)COCCOCCOCCOCCNC(=O)COC(C)C. The van der Waals surface area contributed by atoms with Crippen molar-refractivity contribution >= 4 is 11.8 Å². The normalized spacial score (nSPS) is 12.2. The molecule has 0 saturated heterocycles. The van der Waals surface area contributed by atoms with Crippen molar-refractivity contribution in [1.29, 1.82) is 0 Å². The van der Waals surface area contributed by atoms with Gasteiger partial charge >= 0.3 is 0 Å². The number of rotatable bonds is 19. The molecule has 10 heteroatoms. The predicted molar refractivity (Wildman–Crippen MR) is 101 cm³/mol. The molecular weight excluding hydrogens is 375 g/mol. The zero-order valence-corrected chi connectivity index (χ0v) is 17.2. The van der Waals surface area contributed by atoms with E-state index in [1.54, 1.807) is 0 Å². The molecule has 0 heterocycles. The van der Waals surface area contributed by atoms with Gasteiger partial charge < -0.3 is 34.3 Å². The van der Waals surface area contributed by atoms with Crippen molar-refractivity contribution in [2.75, 3.05) is 72.6 Å². The summed E-state index contributed by atoms with van der Waals surface area (Å²) in [4.78, 5) is 22.0. The van der Waals surface area contributed by atoms with E-state index < -0.39 is 6.17 Å². The highest BCUT2D eigenvalue weighted by atomic mass is 19.1. The van der Waals surface area contributed by atoms with Crippen LogP contribution in [0.15, 0.2) is 0 Å². The summed E-state index contributed by atoms with van der Waals surface area (Å²) in [5.41, 5.74) is 0. The van der Waals surface area contributed by atoms with E-state index in [0.717, 1.165) is 0 Å². The van der Waals surface area contributed by atoms with Crippen LogP contribution in [-0.2, 0) is 33.3 Å². The molecule has 9 nitrogen and oxygen atoms in total. The molecule has 0 rings (SSSR count). The molecule has 28 heavy (non-hydrogen) atoms. The topological polar surface area (TPSA) is 104 Å². The van der Waals surface area contributed by atoms with Crippen LogP contribution in [0.1, 0.15) is 20.8 Å². The molecular formula is C18H35FN2O7. The molecule has 0 aliphatic carbocycles. The molecule has 1 atom stereocenters. The fraction of sp³-hybridized carbons (Fsp3) is 0.889. The van der Waals surface area contributed by atoms with Gasteiger partial charge in [-0.2, -0.15) is 0 Å². The number of ether oxygens (including phenoxy) is 5. The van der Waals surface area contributed by atoms with Gasteiger partial charge in [-0.25, -0.2) is 4.39 Å². The predicted octanol–water partition coefficient (Wildman–Crippen LogP) is 0.0682. The number of hydrogen-bond acceptors (Lipinski definition) is 7. The number of carbonyl (C=O) groups is 2. The van der Waals surface area contributed by atoms with Crippen molar-refractivity contribution in [3.63, 3.8) is 0 Å². The maximum atomic E-state index is 13.3. The van der Waals surface area contributed by atoms with Gasteiger partial charge in [-0.1, -0.05) is 0 Å². The number of nitrogens with one attached hydrogen (secondary N) is 2. The van der Waals surface area contributed by atoms with Gasteiger partial charge in [-0.15, -0.1) is 0 Å². The van der Waals surface area contributed by atoms with Gasteiger partial charge in [0.05, 0.1) is 65.5 Å². The number of hydrogen-bond donors (Lipinski definition) is 2. The highest BCUT2D eigenvalue weighted by Crippen LogP contribution is 1.91. The second-order valence-corrected chi connectivity index (χ2v) is 6.16. The zero-order chi connectivity index (χ0) is 21.0. The van der Waals surface area contributed by atoms with Crippen LogP contribution >= 0.6 is 0 Å². The molecule has 2 N–H and O–H groups in total. The Morgan fingerprint density at radius 2 is 1.39 bits per heavy atom. The van der Waals surface area contributed by atoms with E-state index in [1.807, 2.05) is 13.8 Å². The van der Waals surface area contributed by atoms with Crippen LogP contribution in [0.25, 0.3) is 0 Å². The maximum Gasteiger partial charge on any atom is 0.246 e. The fourth-order valence-corrected chi connectivity index (χ4v) is 1.74. The van der Waals surface area contributed by atoms with Gasteiger partial charge in [-0.3, -0.25) is 9.59 Å². The molecule has 0 radical (unpaired) electrons. The molecule has 0 aromatic heterocycles. The monoisotopic (exact) mass is 410 g/mol. The number of carbonyl (C=O) groups excluding carboxylic acids is 2. The molecule has 2 amide bonds. The molecule has 0 saturated carbocycles. The van der Waals surface area contributed by atoms with Gasteiger partial charge in [0.1, 0.15) is 12.8 Å². The van der Waals surface area contributed by atoms with Crippen LogP contribution in [0.4, 0.5) is 4.39 Å². The summed E-state index contributed by atoms with van der Waals surface area (Å²) in [7, 11) is 0. The Balaban J connectivity index is 3.20. The van der Waals surface area contributed by atoms with Gasteiger partial charge in [0.2, 0.25) is 11.8 Å². The van der Waals surface area contributed by atoms with Crippen molar-refractivity contribution < 1.29 is 37.7 Å². The van der Waals surface area contributed by atoms with E-state index >= 15 is 0 Å². The summed E-state index contributed by atoms with van der Waals surface area (Å²) in [6.45, 7) is 8.11. The van der Waals surface area contributed by atoms with Crippen molar-refractivity contribution in [3.8, 4) is 0 Å². The van der Waals surface area contributed by atoms with Crippen molar-refractivity contribution in [2.24, 2.45) is 0 Å². The van der Waals surface area contributed by atoms with E-state index in [4.69, 9.17) is 23.7 Å². The highest BCUT2D eigenvalue weighted by Gasteiger charge is 2.06. The van der Waals surface area contributed by atoms with Crippen molar-refractivity contribution in [1.82, 2.24) is 10.6 Å². The molecule has 0 aromatic carbocycles. The Morgan fingerprint density at radius 1 is 0.857 bits per heavy atom. The average molecular weight is 410 g/mol. The molecule has 0 bridgehead atoms. The maximum absolute atomic E-state index is 13.3. The molecule has 1 unspecified atom stereocenters. The van der Waals surface area contributed by atoms with Crippen LogP contribution in [0, 0.1) is 0 Å². The van der Waals surface area contributed by atoms with Crippen molar-refractivity contribution in [2.45, 2.75) is 33.0 Å². The lowest BCUT2D eigenvalue weighted by atomic mass is 10.4. The zero-order valence-electron chi connectivity index (χ0n) is 17.2. The number of amides is 2. The fourth-order valence-electron chi connectivity index (χ4n) is 1.74.